The van der Waals surface area contributed by atoms with Crippen LogP contribution in [0.5, 0.6) is 0 Å². The van der Waals surface area contributed by atoms with Crippen LogP contribution in [0.15, 0.2) is 35.4 Å². The average molecular weight is 266 g/mol. The summed E-state index contributed by atoms with van der Waals surface area (Å²) in [5.41, 5.74) is 3.59. The zero-order valence-electron chi connectivity index (χ0n) is 9.98. The van der Waals surface area contributed by atoms with E-state index >= 15 is 0 Å². The number of hydrogen-bond donors (Lipinski definition) is 2. The van der Waals surface area contributed by atoms with Crippen molar-refractivity contribution in [3.63, 3.8) is 0 Å². The molecule has 1 aromatic heterocycles. The highest BCUT2D eigenvalue weighted by Gasteiger charge is 2.09. The average Bonchev–Trinajstić information content (AvgIpc) is 2.64. The maximum Gasteiger partial charge on any atom is 0.330 e. The molecule has 0 spiro atoms. The molecule has 4 nitrogen and oxygen atoms in total. The van der Waals surface area contributed by atoms with E-state index in [-0.39, 0.29) is 18.1 Å². The standard InChI is InChI=1S/C13H15N3O.ClH/c17-13-15-7-8-16(13)12-2-1-10-3-5-14-6-4-11(10)9-12;/h1-2,7-9,14H,3-6H2,(H,15,17);1H. The number of benzene rings is 1. The van der Waals surface area contributed by atoms with Crippen molar-refractivity contribution in [3.8, 4) is 5.69 Å². The van der Waals surface area contributed by atoms with E-state index < -0.39 is 0 Å². The fourth-order valence-electron chi connectivity index (χ4n) is 2.33. The number of halogens is 1. The summed E-state index contributed by atoms with van der Waals surface area (Å²) in [5.74, 6) is 0. The number of nitrogens with one attached hydrogen (secondary N) is 2. The molecule has 3 rings (SSSR count). The van der Waals surface area contributed by atoms with Gasteiger partial charge in [0.15, 0.2) is 0 Å². The second-order valence-electron chi connectivity index (χ2n) is 4.34. The van der Waals surface area contributed by atoms with Crippen molar-refractivity contribution in [3.05, 3.63) is 52.2 Å². The number of rotatable bonds is 1. The third-order valence-electron chi connectivity index (χ3n) is 3.26. The van der Waals surface area contributed by atoms with Crippen LogP contribution in [0, 0.1) is 0 Å². The zero-order chi connectivity index (χ0) is 11.7. The first-order valence-corrected chi connectivity index (χ1v) is 5.93. The van der Waals surface area contributed by atoms with Crippen LogP contribution in [0.25, 0.3) is 5.69 Å². The van der Waals surface area contributed by atoms with Gasteiger partial charge in [-0.3, -0.25) is 4.57 Å². The Morgan fingerprint density at radius 2 is 1.89 bits per heavy atom. The van der Waals surface area contributed by atoms with E-state index in [1.165, 1.54) is 11.1 Å². The number of hydrogen-bond acceptors (Lipinski definition) is 2. The van der Waals surface area contributed by atoms with Gasteiger partial charge in [-0.1, -0.05) is 6.07 Å². The van der Waals surface area contributed by atoms with Gasteiger partial charge in [0, 0.05) is 12.4 Å². The maximum absolute atomic E-state index is 11.6. The van der Waals surface area contributed by atoms with Crippen LogP contribution in [0.1, 0.15) is 11.1 Å². The molecular weight excluding hydrogens is 250 g/mol. The van der Waals surface area contributed by atoms with E-state index in [4.69, 9.17) is 0 Å². The lowest BCUT2D eigenvalue weighted by Crippen LogP contribution is -2.16. The summed E-state index contributed by atoms with van der Waals surface area (Å²) in [5, 5.41) is 3.39. The molecule has 0 amide bonds. The van der Waals surface area contributed by atoms with Gasteiger partial charge in [0.25, 0.3) is 0 Å². The second-order valence-corrected chi connectivity index (χ2v) is 4.34. The third kappa shape index (κ3) is 2.35. The normalized spacial score (nSPS) is 14.4. The lowest BCUT2D eigenvalue weighted by molar-refractivity contribution is 0.711. The van der Waals surface area contributed by atoms with Crippen LogP contribution in [0.2, 0.25) is 0 Å². The van der Waals surface area contributed by atoms with E-state index in [0.29, 0.717) is 0 Å². The Morgan fingerprint density at radius 3 is 2.61 bits per heavy atom. The van der Waals surface area contributed by atoms with Gasteiger partial charge in [-0.15, -0.1) is 12.4 Å². The van der Waals surface area contributed by atoms with Gasteiger partial charge in [-0.2, -0.15) is 0 Å². The molecule has 0 aliphatic carbocycles. The van der Waals surface area contributed by atoms with Crippen LogP contribution in [0.4, 0.5) is 0 Å². The number of nitrogens with zero attached hydrogens (tertiary/aromatic N) is 1. The first-order valence-electron chi connectivity index (χ1n) is 5.93. The minimum atomic E-state index is -0.0864. The van der Waals surface area contributed by atoms with Gasteiger partial charge < -0.3 is 10.3 Å². The first-order chi connectivity index (χ1) is 8.34. The highest BCUT2D eigenvalue weighted by atomic mass is 35.5. The summed E-state index contributed by atoms with van der Waals surface area (Å²) in [4.78, 5) is 14.2. The molecule has 0 radical (unpaired) electrons. The molecule has 0 saturated carbocycles. The minimum Gasteiger partial charge on any atom is -0.316 e. The summed E-state index contributed by atoms with van der Waals surface area (Å²) < 4.78 is 1.64. The fraction of sp³-hybridized carbons (Fsp3) is 0.308. The lowest BCUT2D eigenvalue weighted by atomic mass is 10.0. The number of aromatic nitrogens is 2. The predicted octanol–water partition coefficient (Wildman–Crippen LogP) is 1.28. The number of imidazole rings is 1. The van der Waals surface area contributed by atoms with E-state index in [9.17, 15) is 4.79 Å². The summed E-state index contributed by atoms with van der Waals surface area (Å²) in [6.45, 7) is 2.05. The third-order valence-corrected chi connectivity index (χ3v) is 3.26. The molecule has 1 aliphatic heterocycles. The Labute approximate surface area is 111 Å². The molecule has 5 heteroatoms. The van der Waals surface area contributed by atoms with E-state index in [2.05, 4.69) is 22.4 Å². The molecule has 0 saturated heterocycles. The van der Waals surface area contributed by atoms with Crippen LogP contribution >= 0.6 is 12.4 Å². The summed E-state index contributed by atoms with van der Waals surface area (Å²) in [6.07, 6.45) is 5.52. The summed E-state index contributed by atoms with van der Waals surface area (Å²) in [7, 11) is 0. The van der Waals surface area contributed by atoms with Crippen LogP contribution in [-0.2, 0) is 12.8 Å². The Morgan fingerprint density at radius 1 is 1.11 bits per heavy atom. The molecule has 1 aliphatic rings. The predicted molar refractivity (Wildman–Crippen MR) is 73.9 cm³/mol. The summed E-state index contributed by atoms with van der Waals surface area (Å²) in [6, 6.07) is 6.27. The molecule has 1 aromatic carbocycles. The fourth-order valence-corrected chi connectivity index (χ4v) is 2.33. The first kappa shape index (κ1) is 12.9. The van der Waals surface area contributed by atoms with E-state index in [1.807, 2.05) is 6.07 Å². The number of H-pyrrole nitrogens is 1. The van der Waals surface area contributed by atoms with Gasteiger partial charge >= 0.3 is 5.69 Å². The largest absolute Gasteiger partial charge is 0.330 e. The smallest absolute Gasteiger partial charge is 0.316 e. The summed E-state index contributed by atoms with van der Waals surface area (Å²) >= 11 is 0. The van der Waals surface area contributed by atoms with Crippen LogP contribution in [0.3, 0.4) is 0 Å². The van der Waals surface area contributed by atoms with Crippen molar-refractivity contribution >= 4 is 12.4 Å². The van der Waals surface area contributed by atoms with Crippen molar-refractivity contribution in [2.45, 2.75) is 12.8 Å². The Hall–Kier alpha value is -1.52. The zero-order valence-corrected chi connectivity index (χ0v) is 10.8. The topological polar surface area (TPSA) is 49.8 Å². The van der Waals surface area contributed by atoms with E-state index in [1.54, 1.807) is 17.0 Å². The van der Waals surface area contributed by atoms with Crippen molar-refractivity contribution in [2.24, 2.45) is 0 Å². The van der Waals surface area contributed by atoms with Gasteiger partial charge in [0.05, 0.1) is 5.69 Å². The second kappa shape index (κ2) is 5.42. The molecule has 96 valence electrons. The minimum absolute atomic E-state index is 0. The molecular formula is C13H16ClN3O. The Bertz CT molecular complexity index is 588. The van der Waals surface area contributed by atoms with Crippen molar-refractivity contribution in [1.82, 2.24) is 14.9 Å². The van der Waals surface area contributed by atoms with Gasteiger partial charge in [0.2, 0.25) is 0 Å². The van der Waals surface area contributed by atoms with Gasteiger partial charge in [-0.05, 0) is 49.2 Å². The highest BCUT2D eigenvalue weighted by molar-refractivity contribution is 5.85. The van der Waals surface area contributed by atoms with Crippen LogP contribution in [-0.4, -0.2) is 22.6 Å². The SMILES string of the molecule is Cl.O=c1[nH]ccn1-c1ccc2c(c1)CCNCC2. The molecule has 0 unspecified atom stereocenters. The lowest BCUT2D eigenvalue weighted by Gasteiger charge is -2.08. The molecule has 2 heterocycles. The highest BCUT2D eigenvalue weighted by Crippen LogP contribution is 2.17. The molecule has 2 N–H and O–H groups in total. The van der Waals surface area contributed by atoms with Crippen molar-refractivity contribution in [1.29, 1.82) is 0 Å². The molecule has 0 bridgehead atoms. The number of aromatic amines is 1. The Balaban J connectivity index is 0.00000120. The van der Waals surface area contributed by atoms with Crippen molar-refractivity contribution < 1.29 is 0 Å². The number of fused-ring (bicyclic) bond motifs is 1. The molecule has 2 aromatic rings. The monoisotopic (exact) mass is 265 g/mol. The molecule has 0 atom stereocenters. The maximum atomic E-state index is 11.6. The Kier molecular flexibility index (Phi) is 3.89. The molecule has 18 heavy (non-hydrogen) atoms. The van der Waals surface area contributed by atoms with Crippen molar-refractivity contribution in [2.75, 3.05) is 13.1 Å². The van der Waals surface area contributed by atoms with E-state index in [0.717, 1.165) is 31.6 Å². The van der Waals surface area contributed by atoms with Gasteiger partial charge in [-0.25, -0.2) is 4.79 Å². The van der Waals surface area contributed by atoms with Gasteiger partial charge in [0.1, 0.15) is 0 Å². The van der Waals surface area contributed by atoms with Crippen LogP contribution < -0.4 is 11.0 Å². The molecule has 0 fully saturated rings. The quantitative estimate of drug-likeness (QED) is 0.816.